The van der Waals surface area contributed by atoms with Gasteiger partial charge in [0.2, 0.25) is 0 Å². The molecule has 0 saturated heterocycles. The molecule has 1 aromatic rings. The molecule has 0 amide bonds. The molecule has 1 atom stereocenters. The Morgan fingerprint density at radius 2 is 2.24 bits per heavy atom. The molecule has 17 heavy (non-hydrogen) atoms. The highest BCUT2D eigenvalue weighted by Gasteiger charge is 2.19. The zero-order valence-electron chi connectivity index (χ0n) is 10.2. The fourth-order valence-corrected chi connectivity index (χ4v) is 1.63. The minimum absolute atomic E-state index is 0.219. The van der Waals surface area contributed by atoms with E-state index in [1.54, 1.807) is 0 Å². The Morgan fingerprint density at radius 1 is 1.53 bits per heavy atom. The van der Waals surface area contributed by atoms with E-state index in [0.717, 1.165) is 12.8 Å². The highest BCUT2D eigenvalue weighted by Crippen LogP contribution is 2.21. The summed E-state index contributed by atoms with van der Waals surface area (Å²) in [7, 11) is 1.45. The number of Topliss-reactive ketones (excluding diaryl/α,β-unsaturated/α-hetero) is 1. The quantitative estimate of drug-likeness (QED) is 0.776. The van der Waals surface area contributed by atoms with Crippen LogP contribution in [0.4, 0.5) is 4.39 Å². The van der Waals surface area contributed by atoms with Crippen molar-refractivity contribution >= 4 is 5.78 Å². The third-order valence-electron chi connectivity index (χ3n) is 2.63. The zero-order chi connectivity index (χ0) is 12.8. The van der Waals surface area contributed by atoms with Gasteiger partial charge in [0.25, 0.3) is 0 Å². The number of carbonyl (C=O) groups is 1. The number of halogens is 1. The molecule has 3 nitrogen and oxygen atoms in total. The van der Waals surface area contributed by atoms with Gasteiger partial charge in [-0.25, -0.2) is 4.39 Å². The van der Waals surface area contributed by atoms with Crippen molar-refractivity contribution in [1.82, 2.24) is 0 Å². The van der Waals surface area contributed by atoms with Gasteiger partial charge in [-0.1, -0.05) is 19.8 Å². The average Bonchev–Trinajstić information content (AvgIpc) is 2.34. The lowest BCUT2D eigenvalue weighted by molar-refractivity contribution is 0.0952. The van der Waals surface area contributed by atoms with Gasteiger partial charge in [0.1, 0.15) is 11.6 Å². The third-order valence-corrected chi connectivity index (χ3v) is 2.63. The van der Waals surface area contributed by atoms with Gasteiger partial charge in [0.15, 0.2) is 5.78 Å². The van der Waals surface area contributed by atoms with Crippen LogP contribution in [0.2, 0.25) is 0 Å². The fraction of sp³-hybridized carbons (Fsp3) is 0.462. The van der Waals surface area contributed by atoms with Crippen LogP contribution in [0, 0.1) is 5.82 Å². The summed E-state index contributed by atoms with van der Waals surface area (Å²) in [5.74, 6) is -0.366. The molecule has 1 aromatic carbocycles. The number of methoxy groups -OCH3 is 1. The normalized spacial score (nSPS) is 12.2. The molecule has 0 bridgehead atoms. The summed E-state index contributed by atoms with van der Waals surface area (Å²) in [5, 5.41) is 0. The van der Waals surface area contributed by atoms with E-state index < -0.39 is 11.9 Å². The first-order valence-electron chi connectivity index (χ1n) is 5.73. The molecule has 0 aliphatic heterocycles. The Hall–Kier alpha value is -1.42. The van der Waals surface area contributed by atoms with Crippen LogP contribution in [0.25, 0.3) is 0 Å². The average molecular weight is 239 g/mol. The summed E-state index contributed by atoms with van der Waals surface area (Å²) in [6.07, 6.45) is 2.46. The van der Waals surface area contributed by atoms with Crippen LogP contribution in [0.3, 0.4) is 0 Å². The van der Waals surface area contributed by atoms with Crippen molar-refractivity contribution in [3.05, 3.63) is 29.6 Å². The molecule has 0 aromatic heterocycles. The van der Waals surface area contributed by atoms with Crippen LogP contribution < -0.4 is 10.5 Å². The molecule has 4 heteroatoms. The summed E-state index contributed by atoms with van der Waals surface area (Å²) < 4.78 is 18.1. The first-order chi connectivity index (χ1) is 8.10. The van der Waals surface area contributed by atoms with Gasteiger partial charge in [0, 0.05) is 0 Å². The van der Waals surface area contributed by atoms with Crippen LogP contribution in [-0.4, -0.2) is 18.9 Å². The summed E-state index contributed by atoms with van der Waals surface area (Å²) >= 11 is 0. The Bertz CT molecular complexity index is 393. The maximum atomic E-state index is 13.1. The topological polar surface area (TPSA) is 52.3 Å². The number of carbonyl (C=O) groups excluding carboxylic acids is 1. The van der Waals surface area contributed by atoms with E-state index in [-0.39, 0.29) is 11.3 Å². The van der Waals surface area contributed by atoms with Gasteiger partial charge in [-0.05, 0) is 24.6 Å². The summed E-state index contributed by atoms with van der Waals surface area (Å²) in [4.78, 5) is 12.0. The first kappa shape index (κ1) is 13.6. The Morgan fingerprint density at radius 3 is 2.82 bits per heavy atom. The van der Waals surface area contributed by atoms with E-state index in [1.165, 1.54) is 25.3 Å². The lowest BCUT2D eigenvalue weighted by Crippen LogP contribution is -2.30. The van der Waals surface area contributed by atoms with Crippen molar-refractivity contribution in [2.45, 2.75) is 32.2 Å². The highest BCUT2D eigenvalue weighted by molar-refractivity contribution is 6.02. The van der Waals surface area contributed by atoms with Crippen LogP contribution in [-0.2, 0) is 0 Å². The number of benzene rings is 1. The zero-order valence-corrected chi connectivity index (χ0v) is 10.2. The number of ketones is 1. The van der Waals surface area contributed by atoms with Gasteiger partial charge in [0.05, 0.1) is 18.7 Å². The van der Waals surface area contributed by atoms with E-state index in [0.29, 0.717) is 12.2 Å². The van der Waals surface area contributed by atoms with Crippen molar-refractivity contribution in [3.8, 4) is 5.75 Å². The molecule has 0 spiro atoms. The lowest BCUT2D eigenvalue weighted by Gasteiger charge is -2.12. The van der Waals surface area contributed by atoms with Crippen molar-refractivity contribution in [2.75, 3.05) is 7.11 Å². The van der Waals surface area contributed by atoms with Crippen LogP contribution in [0.15, 0.2) is 18.2 Å². The highest BCUT2D eigenvalue weighted by atomic mass is 19.1. The van der Waals surface area contributed by atoms with Gasteiger partial charge in [-0.2, -0.15) is 0 Å². The molecule has 0 heterocycles. The Balaban J connectivity index is 2.90. The van der Waals surface area contributed by atoms with E-state index in [9.17, 15) is 9.18 Å². The standard InChI is InChI=1S/C13H18FNO2/c1-3-4-5-11(15)13(16)10-8-9(14)6-7-12(10)17-2/h6-8,11H,3-5,15H2,1-2H3. The molecule has 94 valence electrons. The predicted octanol–water partition coefficient (Wildman–Crippen LogP) is 2.53. The molecule has 1 rings (SSSR count). The first-order valence-corrected chi connectivity index (χ1v) is 5.73. The number of ether oxygens (including phenoxy) is 1. The minimum Gasteiger partial charge on any atom is -0.496 e. The molecular weight excluding hydrogens is 221 g/mol. The maximum Gasteiger partial charge on any atom is 0.183 e. The molecule has 0 radical (unpaired) electrons. The number of hydrogen-bond donors (Lipinski definition) is 1. The van der Waals surface area contributed by atoms with Crippen LogP contribution >= 0.6 is 0 Å². The van der Waals surface area contributed by atoms with Crippen molar-refractivity contribution in [3.63, 3.8) is 0 Å². The lowest BCUT2D eigenvalue weighted by atomic mass is 9.99. The summed E-state index contributed by atoms with van der Waals surface area (Å²) in [6, 6.07) is 3.28. The maximum absolute atomic E-state index is 13.1. The summed E-state index contributed by atoms with van der Waals surface area (Å²) in [6.45, 7) is 2.03. The van der Waals surface area contributed by atoms with Gasteiger partial charge < -0.3 is 10.5 Å². The third kappa shape index (κ3) is 3.53. The second kappa shape index (κ2) is 6.35. The molecular formula is C13H18FNO2. The van der Waals surface area contributed by atoms with Crippen molar-refractivity contribution < 1.29 is 13.9 Å². The van der Waals surface area contributed by atoms with Gasteiger partial charge >= 0.3 is 0 Å². The number of unbranched alkanes of at least 4 members (excludes halogenated alkanes) is 1. The molecule has 2 N–H and O–H groups in total. The molecule has 1 unspecified atom stereocenters. The van der Waals surface area contributed by atoms with E-state index in [1.807, 2.05) is 6.92 Å². The van der Waals surface area contributed by atoms with E-state index in [2.05, 4.69) is 0 Å². The van der Waals surface area contributed by atoms with E-state index in [4.69, 9.17) is 10.5 Å². The SMILES string of the molecule is CCCCC(N)C(=O)c1cc(F)ccc1OC. The Labute approximate surface area is 101 Å². The van der Waals surface area contributed by atoms with Gasteiger partial charge in [-0.15, -0.1) is 0 Å². The number of hydrogen-bond acceptors (Lipinski definition) is 3. The van der Waals surface area contributed by atoms with Crippen molar-refractivity contribution in [2.24, 2.45) is 5.73 Å². The number of nitrogens with two attached hydrogens (primary N) is 1. The van der Waals surface area contributed by atoms with Crippen LogP contribution in [0.1, 0.15) is 36.5 Å². The van der Waals surface area contributed by atoms with Gasteiger partial charge in [-0.3, -0.25) is 4.79 Å². The number of rotatable bonds is 6. The molecule has 0 aliphatic rings. The minimum atomic E-state index is -0.592. The molecule has 0 aliphatic carbocycles. The predicted molar refractivity (Wildman–Crippen MR) is 64.8 cm³/mol. The second-order valence-electron chi connectivity index (χ2n) is 3.96. The Kier molecular flexibility index (Phi) is 5.10. The van der Waals surface area contributed by atoms with Crippen molar-refractivity contribution in [1.29, 1.82) is 0 Å². The smallest absolute Gasteiger partial charge is 0.183 e. The molecule has 0 saturated carbocycles. The monoisotopic (exact) mass is 239 g/mol. The fourth-order valence-electron chi connectivity index (χ4n) is 1.63. The van der Waals surface area contributed by atoms with Crippen LogP contribution in [0.5, 0.6) is 5.75 Å². The summed E-state index contributed by atoms with van der Waals surface area (Å²) in [5.41, 5.74) is 6.00. The largest absolute Gasteiger partial charge is 0.496 e. The second-order valence-corrected chi connectivity index (χ2v) is 3.96. The molecule has 0 fully saturated rings. The van der Waals surface area contributed by atoms with E-state index >= 15 is 0 Å².